The summed E-state index contributed by atoms with van der Waals surface area (Å²) in [4.78, 5) is 73.3. The highest BCUT2D eigenvalue weighted by Crippen LogP contribution is 2.45. The van der Waals surface area contributed by atoms with Gasteiger partial charge >= 0.3 is 39.5 Å². The smallest absolute Gasteiger partial charge is 0.462 e. The fraction of sp³-hybridized carbons (Fsp3) is 0.954. The Bertz CT molecular complexity index is 2030. The van der Waals surface area contributed by atoms with Gasteiger partial charge in [-0.15, -0.1) is 0 Å². The minimum atomic E-state index is -4.97. The first kappa shape index (κ1) is 104. The monoisotopic (exact) mass is 1550 g/mol. The third-order valence-electron chi connectivity index (χ3n) is 20.8. The zero-order valence-electron chi connectivity index (χ0n) is 69.7. The van der Waals surface area contributed by atoms with E-state index in [0.29, 0.717) is 25.7 Å². The van der Waals surface area contributed by atoms with Crippen LogP contribution in [0.3, 0.4) is 0 Å². The van der Waals surface area contributed by atoms with Crippen molar-refractivity contribution in [3.63, 3.8) is 0 Å². The van der Waals surface area contributed by atoms with Crippen LogP contribution in [0, 0.1) is 11.8 Å². The van der Waals surface area contributed by atoms with Gasteiger partial charge in [-0.3, -0.25) is 37.3 Å². The van der Waals surface area contributed by atoms with Gasteiger partial charge in [-0.1, -0.05) is 414 Å². The van der Waals surface area contributed by atoms with E-state index in [0.717, 1.165) is 102 Å². The largest absolute Gasteiger partial charge is 0.472 e. The number of hydrogen-bond acceptors (Lipinski definition) is 15. The summed E-state index contributed by atoms with van der Waals surface area (Å²) in [6.07, 6.45) is 70.6. The molecule has 17 nitrogen and oxygen atoms in total. The van der Waals surface area contributed by atoms with Gasteiger partial charge in [0.1, 0.15) is 19.3 Å². The molecule has 0 aliphatic heterocycles. The Balaban J connectivity index is 5.24. The molecule has 0 spiro atoms. The van der Waals surface area contributed by atoms with Crippen LogP contribution >= 0.6 is 15.6 Å². The van der Waals surface area contributed by atoms with E-state index >= 15 is 0 Å². The molecule has 3 N–H and O–H groups in total. The normalized spacial score (nSPS) is 14.1. The summed E-state index contributed by atoms with van der Waals surface area (Å²) in [5.74, 6) is -0.436. The number of carbonyl (C=O) groups excluding carboxylic acids is 4. The van der Waals surface area contributed by atoms with E-state index in [1.165, 1.54) is 283 Å². The lowest BCUT2D eigenvalue weighted by atomic mass is 9.99. The molecule has 0 amide bonds. The zero-order chi connectivity index (χ0) is 77.8. The van der Waals surface area contributed by atoms with Gasteiger partial charge in [-0.05, 0) is 37.5 Å². The molecular formula is C87H170O17P2. The molecule has 0 fully saturated rings. The Kier molecular flexibility index (Phi) is 76.9. The van der Waals surface area contributed by atoms with Crippen molar-refractivity contribution < 1.29 is 80.2 Å². The molecule has 0 aliphatic rings. The standard InChI is InChI=1S/C87H170O17P2/c1-7-10-12-14-16-18-20-22-23-29-34-41-47-53-59-65-71-86(91)103-82(75-97-84(89)69-63-57-51-45-39-21-19-17-15-13-11-8-2)77-101-105(93,94)99-73-81(88)74-100-106(95,96)102-78-83(76-98-85(90)70-64-58-52-46-40-36-31-32-37-43-49-55-61-67-79(4)5)104-87(92)72-66-60-54-48-42-35-30-27-25-24-26-28-33-38-44-50-56-62-68-80(6)9-3/h79-83,88H,7-78H2,1-6H3,(H,93,94)(H,95,96)/t80?,81-,82+,83+/m0/s1. The summed E-state index contributed by atoms with van der Waals surface area (Å²) < 4.78 is 69.0. The Morgan fingerprint density at radius 2 is 0.481 bits per heavy atom. The first-order valence-corrected chi connectivity index (χ1v) is 48.0. The number of phosphoric ester groups is 2. The molecule has 0 saturated heterocycles. The first-order chi connectivity index (χ1) is 51.4. The lowest BCUT2D eigenvalue weighted by Gasteiger charge is -2.21. The van der Waals surface area contributed by atoms with Crippen LogP contribution < -0.4 is 0 Å². The van der Waals surface area contributed by atoms with E-state index in [1.54, 1.807) is 0 Å². The van der Waals surface area contributed by atoms with Gasteiger partial charge in [0.05, 0.1) is 26.4 Å². The molecule has 0 bridgehead atoms. The maximum Gasteiger partial charge on any atom is 0.472 e. The Labute approximate surface area is 651 Å². The van der Waals surface area contributed by atoms with Gasteiger partial charge in [0.25, 0.3) is 0 Å². The van der Waals surface area contributed by atoms with Crippen molar-refractivity contribution in [2.24, 2.45) is 11.8 Å². The maximum atomic E-state index is 13.2. The van der Waals surface area contributed by atoms with Gasteiger partial charge in [-0.2, -0.15) is 0 Å². The average molecular weight is 1550 g/mol. The second-order valence-electron chi connectivity index (χ2n) is 32.0. The molecule has 0 aromatic rings. The van der Waals surface area contributed by atoms with Gasteiger partial charge in [0.15, 0.2) is 12.2 Å². The molecule has 0 radical (unpaired) electrons. The molecule has 0 aliphatic carbocycles. The van der Waals surface area contributed by atoms with Gasteiger partial charge in [0, 0.05) is 25.7 Å². The number of unbranched alkanes of at least 4 members (excludes halogenated alkanes) is 55. The molecule has 106 heavy (non-hydrogen) atoms. The van der Waals surface area contributed by atoms with E-state index in [2.05, 4.69) is 41.5 Å². The van der Waals surface area contributed by atoms with Crippen molar-refractivity contribution in [2.75, 3.05) is 39.6 Å². The summed E-state index contributed by atoms with van der Waals surface area (Å²) in [5, 5.41) is 10.7. The molecule has 0 rings (SSSR count). The highest BCUT2D eigenvalue weighted by atomic mass is 31.2. The van der Waals surface area contributed by atoms with Crippen molar-refractivity contribution in [1.29, 1.82) is 0 Å². The summed E-state index contributed by atoms with van der Waals surface area (Å²) in [7, 11) is -9.93. The summed E-state index contributed by atoms with van der Waals surface area (Å²) in [6, 6.07) is 0. The predicted octanol–water partition coefficient (Wildman–Crippen LogP) is 26.6. The fourth-order valence-electron chi connectivity index (χ4n) is 13.6. The van der Waals surface area contributed by atoms with E-state index in [-0.39, 0.29) is 25.7 Å². The van der Waals surface area contributed by atoms with Crippen molar-refractivity contribution >= 4 is 39.5 Å². The second-order valence-corrected chi connectivity index (χ2v) is 34.9. The topological polar surface area (TPSA) is 237 Å². The highest BCUT2D eigenvalue weighted by molar-refractivity contribution is 7.47. The molecule has 3 unspecified atom stereocenters. The van der Waals surface area contributed by atoms with Crippen molar-refractivity contribution in [3.05, 3.63) is 0 Å². The molecule has 0 aromatic carbocycles. The number of rotatable bonds is 86. The lowest BCUT2D eigenvalue weighted by molar-refractivity contribution is -0.161. The number of phosphoric acid groups is 2. The third kappa shape index (κ3) is 78.7. The van der Waals surface area contributed by atoms with Crippen molar-refractivity contribution in [3.8, 4) is 0 Å². The van der Waals surface area contributed by atoms with Crippen LogP contribution in [-0.2, 0) is 65.4 Å². The van der Waals surface area contributed by atoms with Crippen LogP contribution in [0.2, 0.25) is 0 Å². The second kappa shape index (κ2) is 78.3. The molecular weight excluding hydrogens is 1380 g/mol. The highest BCUT2D eigenvalue weighted by Gasteiger charge is 2.30. The van der Waals surface area contributed by atoms with E-state index in [4.69, 9.17) is 37.0 Å². The molecule has 0 saturated carbocycles. The van der Waals surface area contributed by atoms with Crippen LogP contribution in [0.1, 0.15) is 465 Å². The maximum absolute atomic E-state index is 13.2. The summed E-state index contributed by atoms with van der Waals surface area (Å²) >= 11 is 0. The number of esters is 4. The minimum absolute atomic E-state index is 0.109. The number of carbonyl (C=O) groups is 4. The number of ether oxygens (including phenoxy) is 4. The van der Waals surface area contributed by atoms with Gasteiger partial charge < -0.3 is 33.8 Å². The van der Waals surface area contributed by atoms with E-state index in [1.807, 2.05) is 0 Å². The average Bonchev–Trinajstić information content (AvgIpc) is 0.912. The number of aliphatic hydroxyl groups is 1. The van der Waals surface area contributed by atoms with Gasteiger partial charge in [-0.25, -0.2) is 9.13 Å². The van der Waals surface area contributed by atoms with Gasteiger partial charge in [0.2, 0.25) is 0 Å². The van der Waals surface area contributed by atoms with Crippen LogP contribution in [0.5, 0.6) is 0 Å². The molecule has 6 atom stereocenters. The SMILES string of the molecule is CCCCCCCCCCCCCCCCCCC(=O)O[C@H](COC(=O)CCCCCCCCCCCCCC)COP(=O)(O)OC[C@H](O)COP(=O)(O)OC[C@@H](COC(=O)CCCCCCCCCCCCCCCC(C)C)OC(=O)CCCCCCCCCCCCCCCCCCCCC(C)CC. The first-order valence-electron chi connectivity index (χ1n) is 45.0. The molecule has 0 heterocycles. The Morgan fingerprint density at radius 3 is 0.717 bits per heavy atom. The summed E-state index contributed by atoms with van der Waals surface area (Å²) in [6.45, 7) is 9.77. The molecule has 630 valence electrons. The third-order valence-corrected chi connectivity index (χ3v) is 22.7. The van der Waals surface area contributed by atoms with Crippen molar-refractivity contribution in [2.45, 2.75) is 484 Å². The lowest BCUT2D eigenvalue weighted by Crippen LogP contribution is -2.30. The van der Waals surface area contributed by atoms with E-state index in [9.17, 15) is 43.2 Å². The van der Waals surface area contributed by atoms with Crippen LogP contribution in [0.15, 0.2) is 0 Å². The molecule has 19 heteroatoms. The van der Waals surface area contributed by atoms with E-state index < -0.39 is 97.5 Å². The predicted molar refractivity (Wildman–Crippen MR) is 437 cm³/mol. The zero-order valence-corrected chi connectivity index (χ0v) is 71.5. The molecule has 0 aromatic heterocycles. The Morgan fingerprint density at radius 1 is 0.274 bits per heavy atom. The fourth-order valence-corrected chi connectivity index (χ4v) is 15.1. The minimum Gasteiger partial charge on any atom is -0.462 e. The van der Waals surface area contributed by atoms with Crippen LogP contribution in [-0.4, -0.2) is 96.7 Å². The quantitative estimate of drug-likeness (QED) is 0.0222. The summed E-state index contributed by atoms with van der Waals surface area (Å²) in [5.41, 5.74) is 0. The van der Waals surface area contributed by atoms with Crippen LogP contribution in [0.25, 0.3) is 0 Å². The number of hydrogen-bond donors (Lipinski definition) is 3. The van der Waals surface area contributed by atoms with Crippen molar-refractivity contribution in [1.82, 2.24) is 0 Å². The van der Waals surface area contributed by atoms with Crippen LogP contribution in [0.4, 0.5) is 0 Å². The number of aliphatic hydroxyl groups excluding tert-OH is 1. The Hall–Kier alpha value is -1.94.